The SMILES string of the molecule is O=C(Nc1ncc(Br)nc1Cl)OCc1ccccc1. The molecule has 1 aromatic carbocycles. The van der Waals surface area contributed by atoms with Crippen molar-refractivity contribution in [3.8, 4) is 0 Å². The largest absolute Gasteiger partial charge is 0.444 e. The van der Waals surface area contributed by atoms with Crippen molar-refractivity contribution in [3.05, 3.63) is 51.8 Å². The number of halogens is 2. The van der Waals surface area contributed by atoms with Crippen LogP contribution in [-0.2, 0) is 11.3 Å². The molecule has 0 aliphatic carbocycles. The van der Waals surface area contributed by atoms with Crippen LogP contribution in [0.2, 0.25) is 5.15 Å². The number of aromatic nitrogens is 2. The van der Waals surface area contributed by atoms with Gasteiger partial charge in [-0.2, -0.15) is 0 Å². The van der Waals surface area contributed by atoms with E-state index in [9.17, 15) is 4.79 Å². The standard InChI is InChI=1S/C12H9BrClN3O2/c13-9-6-15-11(10(14)16-9)17-12(18)19-7-8-4-2-1-3-5-8/h1-6H,7H2,(H,15,17,18). The van der Waals surface area contributed by atoms with E-state index in [0.29, 0.717) is 4.60 Å². The fraction of sp³-hybridized carbons (Fsp3) is 0.0833. The second-order valence-electron chi connectivity index (χ2n) is 3.52. The Kier molecular flexibility index (Phi) is 4.70. The molecule has 7 heteroatoms. The summed E-state index contributed by atoms with van der Waals surface area (Å²) < 4.78 is 5.52. The summed E-state index contributed by atoms with van der Waals surface area (Å²) in [5.74, 6) is 0.155. The topological polar surface area (TPSA) is 64.1 Å². The normalized spacial score (nSPS) is 10.0. The number of hydrogen-bond acceptors (Lipinski definition) is 4. The zero-order chi connectivity index (χ0) is 13.7. The summed E-state index contributed by atoms with van der Waals surface area (Å²) in [6.45, 7) is 0.175. The molecule has 2 aromatic rings. The second-order valence-corrected chi connectivity index (χ2v) is 4.69. The zero-order valence-corrected chi connectivity index (χ0v) is 12.0. The molecule has 0 saturated heterocycles. The summed E-state index contributed by atoms with van der Waals surface area (Å²) in [6.07, 6.45) is 0.793. The molecule has 1 aromatic heterocycles. The Morgan fingerprint density at radius 3 is 2.79 bits per heavy atom. The van der Waals surface area contributed by atoms with Crippen molar-refractivity contribution >= 4 is 39.4 Å². The second kappa shape index (κ2) is 6.49. The molecule has 1 amide bonds. The van der Waals surface area contributed by atoms with Gasteiger partial charge < -0.3 is 4.74 Å². The van der Waals surface area contributed by atoms with E-state index in [2.05, 4.69) is 31.2 Å². The van der Waals surface area contributed by atoms with Crippen LogP contribution in [0.4, 0.5) is 10.6 Å². The van der Waals surface area contributed by atoms with Crippen molar-refractivity contribution < 1.29 is 9.53 Å². The average Bonchev–Trinajstić information content (AvgIpc) is 2.41. The van der Waals surface area contributed by atoms with E-state index < -0.39 is 6.09 Å². The maximum absolute atomic E-state index is 11.6. The molecule has 1 N–H and O–H groups in total. The van der Waals surface area contributed by atoms with Gasteiger partial charge in [-0.1, -0.05) is 41.9 Å². The minimum atomic E-state index is -0.637. The van der Waals surface area contributed by atoms with Crippen molar-refractivity contribution in [3.63, 3.8) is 0 Å². The van der Waals surface area contributed by atoms with Crippen LogP contribution >= 0.6 is 27.5 Å². The van der Waals surface area contributed by atoms with Gasteiger partial charge in [0.2, 0.25) is 0 Å². The van der Waals surface area contributed by atoms with E-state index in [1.165, 1.54) is 6.20 Å². The Morgan fingerprint density at radius 1 is 1.37 bits per heavy atom. The first-order chi connectivity index (χ1) is 9.15. The summed E-state index contributed by atoms with van der Waals surface area (Å²) in [5, 5.41) is 2.51. The third-order valence-corrected chi connectivity index (χ3v) is 2.78. The number of ether oxygens (including phenoxy) is 1. The third kappa shape index (κ3) is 4.18. The molecule has 0 aliphatic heterocycles. The number of nitrogens with zero attached hydrogens (tertiary/aromatic N) is 2. The number of anilines is 1. The van der Waals surface area contributed by atoms with Crippen molar-refractivity contribution in [1.82, 2.24) is 9.97 Å². The maximum atomic E-state index is 11.6. The molecule has 0 fully saturated rings. The summed E-state index contributed by atoms with van der Waals surface area (Å²) in [6, 6.07) is 9.35. The highest BCUT2D eigenvalue weighted by atomic mass is 79.9. The van der Waals surface area contributed by atoms with E-state index in [0.717, 1.165) is 5.56 Å². The van der Waals surface area contributed by atoms with Gasteiger partial charge in [-0.25, -0.2) is 14.8 Å². The maximum Gasteiger partial charge on any atom is 0.413 e. The van der Waals surface area contributed by atoms with E-state index in [4.69, 9.17) is 16.3 Å². The minimum Gasteiger partial charge on any atom is -0.444 e. The molecule has 0 bridgehead atoms. The molecule has 0 atom stereocenters. The van der Waals surface area contributed by atoms with Crippen molar-refractivity contribution in [2.45, 2.75) is 6.61 Å². The van der Waals surface area contributed by atoms with Crippen LogP contribution in [0.5, 0.6) is 0 Å². The Hall–Kier alpha value is -1.66. The van der Waals surface area contributed by atoms with Gasteiger partial charge >= 0.3 is 6.09 Å². The Labute approximate surface area is 123 Å². The Morgan fingerprint density at radius 2 is 2.11 bits per heavy atom. The molecule has 2 rings (SSSR count). The fourth-order valence-corrected chi connectivity index (χ4v) is 1.86. The number of carbonyl (C=O) groups is 1. The average molecular weight is 343 g/mol. The number of hydrogen-bond donors (Lipinski definition) is 1. The number of benzene rings is 1. The Balaban J connectivity index is 1.91. The van der Waals surface area contributed by atoms with Gasteiger partial charge in [0.1, 0.15) is 11.2 Å². The molecule has 98 valence electrons. The van der Waals surface area contributed by atoms with E-state index in [1.807, 2.05) is 30.3 Å². The fourth-order valence-electron chi connectivity index (χ4n) is 1.29. The first-order valence-corrected chi connectivity index (χ1v) is 6.48. The number of carbonyl (C=O) groups excluding carboxylic acids is 1. The van der Waals surface area contributed by atoms with Crippen molar-refractivity contribution in [2.75, 3.05) is 5.32 Å². The quantitative estimate of drug-likeness (QED) is 0.925. The first-order valence-electron chi connectivity index (χ1n) is 5.31. The van der Waals surface area contributed by atoms with Crippen LogP contribution < -0.4 is 5.32 Å². The van der Waals surface area contributed by atoms with Gasteiger partial charge in [0, 0.05) is 0 Å². The molecule has 5 nitrogen and oxygen atoms in total. The van der Waals surface area contributed by atoms with E-state index in [1.54, 1.807) is 0 Å². The van der Waals surface area contributed by atoms with Gasteiger partial charge in [0.15, 0.2) is 11.0 Å². The molecule has 0 saturated carbocycles. The predicted molar refractivity (Wildman–Crippen MR) is 75.0 cm³/mol. The number of nitrogens with one attached hydrogen (secondary N) is 1. The zero-order valence-electron chi connectivity index (χ0n) is 9.64. The van der Waals surface area contributed by atoms with E-state index in [-0.39, 0.29) is 17.6 Å². The molecular weight excluding hydrogens is 334 g/mol. The lowest BCUT2D eigenvalue weighted by Crippen LogP contribution is -2.15. The van der Waals surface area contributed by atoms with Crippen LogP contribution in [0.15, 0.2) is 41.1 Å². The highest BCUT2D eigenvalue weighted by molar-refractivity contribution is 9.10. The predicted octanol–water partition coefficient (Wildman–Crippen LogP) is 3.64. The van der Waals surface area contributed by atoms with Gasteiger partial charge in [-0.3, -0.25) is 5.32 Å². The van der Waals surface area contributed by atoms with Crippen LogP contribution in [-0.4, -0.2) is 16.1 Å². The summed E-state index contributed by atoms with van der Waals surface area (Å²) in [4.78, 5) is 19.4. The molecule has 19 heavy (non-hydrogen) atoms. The van der Waals surface area contributed by atoms with E-state index >= 15 is 0 Å². The van der Waals surface area contributed by atoms with Crippen LogP contribution in [0, 0.1) is 0 Å². The van der Waals surface area contributed by atoms with Gasteiger partial charge in [0.25, 0.3) is 0 Å². The van der Waals surface area contributed by atoms with Gasteiger partial charge in [0.05, 0.1) is 6.20 Å². The molecule has 0 unspecified atom stereocenters. The van der Waals surface area contributed by atoms with Crippen LogP contribution in [0.25, 0.3) is 0 Å². The Bertz CT molecular complexity index is 580. The summed E-state index contributed by atoms with van der Waals surface area (Å²) in [5.41, 5.74) is 0.894. The highest BCUT2D eigenvalue weighted by Gasteiger charge is 2.09. The lowest BCUT2D eigenvalue weighted by molar-refractivity contribution is 0.155. The van der Waals surface area contributed by atoms with Gasteiger partial charge in [-0.15, -0.1) is 0 Å². The molecule has 0 aliphatic rings. The summed E-state index contributed by atoms with van der Waals surface area (Å²) >= 11 is 8.94. The molecular formula is C12H9BrClN3O2. The lowest BCUT2D eigenvalue weighted by atomic mass is 10.2. The molecule has 1 heterocycles. The third-order valence-electron chi connectivity index (χ3n) is 2.13. The molecule has 0 spiro atoms. The molecule has 0 radical (unpaired) electrons. The monoisotopic (exact) mass is 341 g/mol. The summed E-state index contributed by atoms with van der Waals surface area (Å²) in [7, 11) is 0. The smallest absolute Gasteiger partial charge is 0.413 e. The van der Waals surface area contributed by atoms with Crippen molar-refractivity contribution in [2.24, 2.45) is 0 Å². The minimum absolute atomic E-state index is 0.0889. The van der Waals surface area contributed by atoms with Gasteiger partial charge in [-0.05, 0) is 21.5 Å². The van der Waals surface area contributed by atoms with Crippen LogP contribution in [0.3, 0.4) is 0 Å². The first kappa shape index (κ1) is 13.8. The number of amides is 1. The van der Waals surface area contributed by atoms with Crippen LogP contribution in [0.1, 0.15) is 5.56 Å². The highest BCUT2D eigenvalue weighted by Crippen LogP contribution is 2.18. The lowest BCUT2D eigenvalue weighted by Gasteiger charge is -2.07. The van der Waals surface area contributed by atoms with Crippen molar-refractivity contribution in [1.29, 1.82) is 0 Å². The number of rotatable bonds is 3.